The topological polar surface area (TPSA) is 92.9 Å². The molecule has 1 aliphatic carbocycles. The van der Waals surface area contributed by atoms with Crippen LogP contribution < -0.4 is 5.32 Å². The van der Waals surface area contributed by atoms with E-state index in [9.17, 15) is 9.90 Å². The van der Waals surface area contributed by atoms with Crippen LogP contribution in [-0.2, 0) is 12.8 Å². The maximum Gasteiger partial charge on any atom is 0.254 e. The third-order valence-corrected chi connectivity index (χ3v) is 5.61. The van der Waals surface area contributed by atoms with Crippen LogP contribution in [0.2, 0.25) is 0 Å². The standard InChI is InChI=1S/C17H17N5O2S/c23-13(11-5-2-1-3-6-11)9-18-16(24)15-12-7-4-8-14(12)25-17(15)22-10-19-20-21-22/h1-3,5-6,10,13,23H,4,7-9H2,(H,18,24)/t13-/m0/s1. The van der Waals surface area contributed by atoms with Gasteiger partial charge in [-0.15, -0.1) is 16.4 Å². The molecule has 0 radical (unpaired) electrons. The van der Waals surface area contributed by atoms with E-state index in [1.54, 1.807) is 11.3 Å². The molecule has 2 aromatic heterocycles. The quantitative estimate of drug-likeness (QED) is 0.726. The van der Waals surface area contributed by atoms with Crippen molar-refractivity contribution in [2.75, 3.05) is 6.54 Å². The second kappa shape index (κ2) is 6.73. The Morgan fingerprint density at radius 2 is 2.16 bits per heavy atom. The van der Waals surface area contributed by atoms with Gasteiger partial charge >= 0.3 is 0 Å². The number of tetrazole rings is 1. The number of aliphatic hydroxyl groups excluding tert-OH is 1. The lowest BCUT2D eigenvalue weighted by Gasteiger charge is -2.13. The van der Waals surface area contributed by atoms with Crippen molar-refractivity contribution in [2.24, 2.45) is 0 Å². The highest BCUT2D eigenvalue weighted by atomic mass is 32.1. The van der Waals surface area contributed by atoms with E-state index < -0.39 is 6.10 Å². The van der Waals surface area contributed by atoms with Crippen molar-refractivity contribution in [3.63, 3.8) is 0 Å². The van der Waals surface area contributed by atoms with Crippen LogP contribution in [0.15, 0.2) is 36.7 Å². The molecule has 0 saturated heterocycles. The van der Waals surface area contributed by atoms with Gasteiger partial charge in [-0.1, -0.05) is 30.3 Å². The van der Waals surface area contributed by atoms with Gasteiger partial charge in [0.15, 0.2) is 0 Å². The van der Waals surface area contributed by atoms with E-state index in [2.05, 4.69) is 20.8 Å². The Bertz CT molecular complexity index is 876. The number of carbonyl (C=O) groups is 1. The molecule has 2 N–H and O–H groups in total. The summed E-state index contributed by atoms with van der Waals surface area (Å²) in [5, 5.41) is 25.1. The molecule has 2 heterocycles. The Labute approximate surface area is 148 Å². The average molecular weight is 355 g/mol. The van der Waals surface area contributed by atoms with E-state index in [-0.39, 0.29) is 12.5 Å². The highest BCUT2D eigenvalue weighted by Crippen LogP contribution is 2.37. The molecule has 0 aliphatic heterocycles. The molecule has 4 rings (SSSR count). The number of amides is 1. The minimum absolute atomic E-state index is 0.155. The summed E-state index contributed by atoms with van der Waals surface area (Å²) in [5.41, 5.74) is 2.49. The van der Waals surface area contributed by atoms with Crippen LogP contribution in [-0.4, -0.2) is 37.8 Å². The van der Waals surface area contributed by atoms with Gasteiger partial charge in [0.05, 0.1) is 11.7 Å². The van der Waals surface area contributed by atoms with Gasteiger partial charge in [0.25, 0.3) is 5.91 Å². The molecular weight excluding hydrogens is 338 g/mol. The number of aliphatic hydroxyl groups is 1. The molecule has 128 valence electrons. The number of thiophene rings is 1. The smallest absolute Gasteiger partial charge is 0.254 e. The first-order valence-electron chi connectivity index (χ1n) is 8.13. The van der Waals surface area contributed by atoms with E-state index in [0.717, 1.165) is 35.4 Å². The maximum atomic E-state index is 12.8. The Kier molecular flexibility index (Phi) is 4.29. The SMILES string of the molecule is O=C(NC[C@H](O)c1ccccc1)c1c(-n2cnnn2)sc2c1CCC2. The van der Waals surface area contributed by atoms with Crippen LogP contribution in [0.5, 0.6) is 0 Å². The molecule has 0 unspecified atom stereocenters. The largest absolute Gasteiger partial charge is 0.387 e. The Balaban J connectivity index is 1.56. The fourth-order valence-electron chi connectivity index (χ4n) is 3.11. The lowest BCUT2D eigenvalue weighted by atomic mass is 10.1. The highest BCUT2D eigenvalue weighted by Gasteiger charge is 2.28. The molecule has 1 amide bonds. The van der Waals surface area contributed by atoms with Crippen LogP contribution in [0.4, 0.5) is 0 Å². The van der Waals surface area contributed by atoms with Crippen LogP contribution in [0.25, 0.3) is 5.00 Å². The van der Waals surface area contributed by atoms with Crippen LogP contribution in [0.1, 0.15) is 38.9 Å². The number of hydrogen-bond donors (Lipinski definition) is 2. The second-order valence-electron chi connectivity index (χ2n) is 5.93. The molecule has 0 fully saturated rings. The number of hydrogen-bond acceptors (Lipinski definition) is 6. The first-order valence-corrected chi connectivity index (χ1v) is 8.95. The van der Waals surface area contributed by atoms with Gasteiger partial charge in [0.1, 0.15) is 11.3 Å². The number of benzene rings is 1. The summed E-state index contributed by atoms with van der Waals surface area (Å²) in [6, 6.07) is 9.29. The van der Waals surface area contributed by atoms with Crippen molar-refractivity contribution in [3.05, 3.63) is 58.2 Å². The summed E-state index contributed by atoms with van der Waals surface area (Å²) in [5.74, 6) is -0.195. The predicted molar refractivity (Wildman–Crippen MR) is 92.8 cm³/mol. The van der Waals surface area contributed by atoms with Gasteiger partial charge in [-0.2, -0.15) is 4.68 Å². The van der Waals surface area contributed by atoms with Gasteiger partial charge in [-0.3, -0.25) is 4.79 Å². The maximum absolute atomic E-state index is 12.8. The van der Waals surface area contributed by atoms with E-state index in [1.807, 2.05) is 30.3 Å². The molecule has 1 aliphatic rings. The van der Waals surface area contributed by atoms with Crippen molar-refractivity contribution in [3.8, 4) is 5.00 Å². The van der Waals surface area contributed by atoms with Crippen molar-refractivity contribution >= 4 is 17.2 Å². The first kappa shape index (κ1) is 15.9. The molecule has 7 nitrogen and oxygen atoms in total. The molecule has 25 heavy (non-hydrogen) atoms. The molecular formula is C17H17N5O2S. The average Bonchev–Trinajstić information content (AvgIpc) is 3.35. The van der Waals surface area contributed by atoms with Gasteiger partial charge in [0.2, 0.25) is 0 Å². The van der Waals surface area contributed by atoms with Crippen molar-refractivity contribution < 1.29 is 9.90 Å². The van der Waals surface area contributed by atoms with E-state index >= 15 is 0 Å². The second-order valence-corrected chi connectivity index (χ2v) is 7.01. The zero-order valence-corrected chi connectivity index (χ0v) is 14.2. The van der Waals surface area contributed by atoms with Crippen molar-refractivity contribution in [1.29, 1.82) is 0 Å². The molecule has 0 saturated carbocycles. The monoisotopic (exact) mass is 355 g/mol. The van der Waals surface area contributed by atoms with Crippen molar-refractivity contribution in [2.45, 2.75) is 25.4 Å². The molecule has 0 bridgehead atoms. The number of nitrogens with one attached hydrogen (secondary N) is 1. The summed E-state index contributed by atoms with van der Waals surface area (Å²) in [6.07, 6.45) is 3.68. The lowest BCUT2D eigenvalue weighted by Crippen LogP contribution is -2.29. The van der Waals surface area contributed by atoms with E-state index in [0.29, 0.717) is 5.56 Å². The van der Waals surface area contributed by atoms with E-state index in [4.69, 9.17) is 0 Å². The molecule has 0 spiro atoms. The minimum Gasteiger partial charge on any atom is -0.387 e. The number of rotatable bonds is 5. The summed E-state index contributed by atoms with van der Waals surface area (Å²) in [6.45, 7) is 0.155. The van der Waals surface area contributed by atoms with Crippen LogP contribution in [0.3, 0.4) is 0 Å². The lowest BCUT2D eigenvalue weighted by molar-refractivity contribution is 0.0916. The van der Waals surface area contributed by atoms with E-state index in [1.165, 1.54) is 15.9 Å². The Hall–Kier alpha value is -2.58. The normalized spacial score (nSPS) is 14.3. The third-order valence-electron chi connectivity index (χ3n) is 4.33. The molecule has 1 atom stereocenters. The molecule has 1 aromatic carbocycles. The number of carbonyl (C=O) groups excluding carboxylic acids is 1. The molecule has 3 aromatic rings. The summed E-state index contributed by atoms with van der Waals surface area (Å²) in [4.78, 5) is 14.0. The number of nitrogens with zero attached hydrogens (tertiary/aromatic N) is 4. The number of aryl methyl sites for hydroxylation is 1. The zero-order chi connectivity index (χ0) is 17.2. The summed E-state index contributed by atoms with van der Waals surface area (Å²) < 4.78 is 1.53. The third kappa shape index (κ3) is 3.06. The molecule has 8 heteroatoms. The van der Waals surface area contributed by atoms with Crippen LogP contribution >= 0.6 is 11.3 Å². The number of fused-ring (bicyclic) bond motifs is 1. The zero-order valence-electron chi connectivity index (χ0n) is 13.4. The van der Waals surface area contributed by atoms with Crippen LogP contribution in [0, 0.1) is 0 Å². The fraction of sp³-hybridized carbons (Fsp3) is 0.294. The van der Waals surface area contributed by atoms with Gasteiger partial charge < -0.3 is 10.4 Å². The summed E-state index contributed by atoms with van der Waals surface area (Å²) >= 11 is 1.56. The highest BCUT2D eigenvalue weighted by molar-refractivity contribution is 7.15. The Morgan fingerprint density at radius 3 is 2.92 bits per heavy atom. The number of aromatic nitrogens is 4. The fourth-order valence-corrected chi connectivity index (χ4v) is 4.41. The van der Waals surface area contributed by atoms with Gasteiger partial charge in [0, 0.05) is 11.4 Å². The summed E-state index contributed by atoms with van der Waals surface area (Å²) in [7, 11) is 0. The van der Waals surface area contributed by atoms with Crippen molar-refractivity contribution in [1.82, 2.24) is 25.5 Å². The first-order chi connectivity index (χ1) is 12.2. The van der Waals surface area contributed by atoms with Gasteiger partial charge in [-0.25, -0.2) is 0 Å². The predicted octanol–water partition coefficient (Wildman–Crippen LogP) is 1.68. The van der Waals surface area contributed by atoms with Gasteiger partial charge in [-0.05, 0) is 40.8 Å². The Morgan fingerprint density at radius 1 is 1.32 bits per heavy atom. The minimum atomic E-state index is -0.742.